The second-order valence-corrected chi connectivity index (χ2v) is 10.1. The maximum Gasteiger partial charge on any atom is 0.217 e. The molecule has 3 unspecified atom stereocenters. The van der Waals surface area contributed by atoms with Gasteiger partial charge in [-0.1, -0.05) is 36.4 Å². The lowest BCUT2D eigenvalue weighted by Crippen LogP contribution is -2.52. The first kappa shape index (κ1) is 22.6. The summed E-state index contributed by atoms with van der Waals surface area (Å²) in [5.74, 6) is -0.499. The molecule has 2 aliphatic rings. The SMILES string of the molecule is Cc1ccccc1C1C=C(S(C)(=O)=O)OC2=NCNCC2C(Cc2ccc(F)cc2)N1O. The lowest BCUT2D eigenvalue weighted by atomic mass is 9.89. The van der Waals surface area contributed by atoms with Crippen molar-refractivity contribution in [2.45, 2.75) is 25.4 Å². The molecule has 9 heteroatoms. The second-order valence-electron chi connectivity index (χ2n) is 8.15. The van der Waals surface area contributed by atoms with Crippen LogP contribution in [0.2, 0.25) is 0 Å². The number of ether oxygens (including phenoxy) is 1. The number of rotatable bonds is 4. The molecule has 0 amide bonds. The fourth-order valence-electron chi connectivity index (χ4n) is 4.15. The summed E-state index contributed by atoms with van der Waals surface area (Å²) >= 11 is 0. The fraction of sp³-hybridized carbons (Fsp3) is 0.348. The third kappa shape index (κ3) is 4.75. The number of nitrogens with one attached hydrogen (secondary N) is 1. The van der Waals surface area contributed by atoms with Crippen LogP contribution in [0.5, 0.6) is 0 Å². The van der Waals surface area contributed by atoms with Crippen molar-refractivity contribution in [2.75, 3.05) is 19.5 Å². The van der Waals surface area contributed by atoms with Gasteiger partial charge < -0.3 is 9.94 Å². The number of hydrogen-bond donors (Lipinski definition) is 2. The summed E-state index contributed by atoms with van der Waals surface area (Å²) in [6, 6.07) is 12.3. The molecule has 32 heavy (non-hydrogen) atoms. The van der Waals surface area contributed by atoms with E-state index < -0.39 is 27.8 Å². The number of benzene rings is 2. The van der Waals surface area contributed by atoms with Gasteiger partial charge in [0.05, 0.1) is 24.7 Å². The van der Waals surface area contributed by atoms with Gasteiger partial charge in [0.1, 0.15) is 5.82 Å². The van der Waals surface area contributed by atoms with Crippen LogP contribution < -0.4 is 5.32 Å². The van der Waals surface area contributed by atoms with Gasteiger partial charge in [0, 0.05) is 12.8 Å². The number of aliphatic imine (C=N–C) groups is 1. The Hall–Kier alpha value is -2.59. The topological polar surface area (TPSA) is 91.2 Å². The monoisotopic (exact) mass is 459 g/mol. The molecule has 0 saturated carbocycles. The van der Waals surface area contributed by atoms with Crippen molar-refractivity contribution in [1.82, 2.24) is 10.4 Å². The predicted octanol–water partition coefficient (Wildman–Crippen LogP) is 2.97. The fourth-order valence-corrected chi connectivity index (χ4v) is 4.76. The lowest BCUT2D eigenvalue weighted by Gasteiger charge is -2.40. The van der Waals surface area contributed by atoms with Gasteiger partial charge in [-0.25, -0.2) is 17.8 Å². The molecular weight excluding hydrogens is 433 g/mol. The van der Waals surface area contributed by atoms with Crippen LogP contribution in [0.25, 0.3) is 0 Å². The Morgan fingerprint density at radius 3 is 2.62 bits per heavy atom. The quantitative estimate of drug-likeness (QED) is 0.731. The molecule has 170 valence electrons. The third-order valence-electron chi connectivity index (χ3n) is 5.85. The standard InChI is InChI=1S/C23H26FN3O4S/c1-15-5-3-4-6-18(15)21-12-22(32(2,29)30)31-23-19(13-25-14-26-23)20(27(21)28)11-16-7-9-17(24)10-8-16/h3-10,12,19-21,25,28H,11,13-14H2,1-2H3. The van der Waals surface area contributed by atoms with Crippen molar-refractivity contribution in [2.24, 2.45) is 10.9 Å². The average molecular weight is 460 g/mol. The number of halogens is 1. The molecule has 0 aromatic heterocycles. The molecule has 2 N–H and O–H groups in total. The minimum Gasteiger partial charge on any atom is -0.431 e. The Kier molecular flexibility index (Phi) is 6.43. The molecule has 3 atom stereocenters. The van der Waals surface area contributed by atoms with E-state index in [4.69, 9.17) is 4.74 Å². The molecule has 0 spiro atoms. The van der Waals surface area contributed by atoms with E-state index in [0.717, 1.165) is 22.9 Å². The first-order valence-electron chi connectivity index (χ1n) is 10.4. The number of aryl methyl sites for hydroxylation is 1. The number of nitrogens with zero attached hydrogens (tertiary/aromatic N) is 2. The van der Waals surface area contributed by atoms with Gasteiger partial charge >= 0.3 is 0 Å². The van der Waals surface area contributed by atoms with Gasteiger partial charge in [0.2, 0.25) is 14.9 Å². The summed E-state index contributed by atoms with van der Waals surface area (Å²) < 4.78 is 44.3. The van der Waals surface area contributed by atoms with Gasteiger partial charge in [0.15, 0.2) is 5.90 Å². The largest absolute Gasteiger partial charge is 0.431 e. The van der Waals surface area contributed by atoms with Crippen molar-refractivity contribution in [3.63, 3.8) is 0 Å². The van der Waals surface area contributed by atoms with Crippen LogP contribution in [0, 0.1) is 18.7 Å². The molecule has 2 aromatic rings. The summed E-state index contributed by atoms with van der Waals surface area (Å²) in [6.07, 6.45) is 2.88. The highest BCUT2D eigenvalue weighted by Crippen LogP contribution is 2.34. The highest BCUT2D eigenvalue weighted by atomic mass is 32.2. The Morgan fingerprint density at radius 2 is 1.94 bits per heavy atom. The second kappa shape index (κ2) is 9.11. The first-order valence-corrected chi connectivity index (χ1v) is 12.2. The van der Waals surface area contributed by atoms with E-state index in [1.807, 2.05) is 31.2 Å². The van der Waals surface area contributed by atoms with Crippen LogP contribution >= 0.6 is 0 Å². The highest BCUT2D eigenvalue weighted by Gasteiger charge is 2.40. The number of sulfone groups is 1. The molecule has 0 fully saturated rings. The van der Waals surface area contributed by atoms with Gasteiger partial charge in [-0.05, 0) is 48.2 Å². The Balaban J connectivity index is 1.85. The molecule has 2 heterocycles. The van der Waals surface area contributed by atoms with Gasteiger partial charge in [0.25, 0.3) is 0 Å². The first-order chi connectivity index (χ1) is 15.2. The highest BCUT2D eigenvalue weighted by molar-refractivity contribution is 7.94. The Bertz CT molecular complexity index is 1150. The Morgan fingerprint density at radius 1 is 1.22 bits per heavy atom. The van der Waals surface area contributed by atoms with Crippen LogP contribution in [0.15, 0.2) is 64.7 Å². The number of hydroxylamine groups is 2. The molecule has 7 nitrogen and oxygen atoms in total. The van der Waals surface area contributed by atoms with E-state index in [0.29, 0.717) is 19.6 Å². The smallest absolute Gasteiger partial charge is 0.217 e. The molecule has 0 aliphatic carbocycles. The van der Waals surface area contributed by atoms with Crippen LogP contribution in [0.3, 0.4) is 0 Å². The summed E-state index contributed by atoms with van der Waals surface area (Å²) in [5, 5.41) is 15.6. The normalized spacial score (nSPS) is 24.4. The van der Waals surface area contributed by atoms with Crippen LogP contribution in [0.1, 0.15) is 22.7 Å². The summed E-state index contributed by atoms with van der Waals surface area (Å²) in [7, 11) is -3.72. The molecule has 4 rings (SSSR count). The average Bonchev–Trinajstić information content (AvgIpc) is 2.75. The van der Waals surface area contributed by atoms with Crippen LogP contribution in [-0.2, 0) is 21.0 Å². The molecular formula is C23H26FN3O4S. The summed E-state index contributed by atoms with van der Waals surface area (Å²) in [6.45, 7) is 2.64. The third-order valence-corrected chi connectivity index (χ3v) is 6.80. The zero-order valence-electron chi connectivity index (χ0n) is 17.9. The van der Waals surface area contributed by atoms with Gasteiger partial charge in [-0.3, -0.25) is 5.32 Å². The minimum absolute atomic E-state index is 0.240. The number of fused-ring (bicyclic) bond motifs is 1. The lowest BCUT2D eigenvalue weighted by molar-refractivity contribution is -0.160. The number of hydrogen-bond acceptors (Lipinski definition) is 7. The van der Waals surface area contributed by atoms with Crippen molar-refractivity contribution in [3.05, 3.63) is 82.2 Å². The van der Waals surface area contributed by atoms with Crippen molar-refractivity contribution >= 4 is 15.7 Å². The van der Waals surface area contributed by atoms with Crippen LogP contribution in [-0.4, -0.2) is 50.1 Å². The molecule has 0 radical (unpaired) electrons. The van der Waals surface area contributed by atoms with Gasteiger partial charge in [-0.2, -0.15) is 5.06 Å². The van der Waals surface area contributed by atoms with E-state index in [-0.39, 0.29) is 16.8 Å². The van der Waals surface area contributed by atoms with Crippen LogP contribution in [0.4, 0.5) is 4.39 Å². The molecule has 2 aromatic carbocycles. The van der Waals surface area contributed by atoms with Crippen molar-refractivity contribution in [3.8, 4) is 0 Å². The van der Waals surface area contributed by atoms with E-state index in [2.05, 4.69) is 10.3 Å². The summed E-state index contributed by atoms with van der Waals surface area (Å²) in [5.41, 5.74) is 2.49. The molecule has 0 saturated heterocycles. The zero-order valence-corrected chi connectivity index (χ0v) is 18.7. The summed E-state index contributed by atoms with van der Waals surface area (Å²) in [4.78, 5) is 4.35. The Labute approximate surface area is 187 Å². The zero-order chi connectivity index (χ0) is 22.9. The van der Waals surface area contributed by atoms with E-state index in [1.165, 1.54) is 23.3 Å². The predicted molar refractivity (Wildman–Crippen MR) is 119 cm³/mol. The van der Waals surface area contributed by atoms with E-state index >= 15 is 0 Å². The molecule has 0 bridgehead atoms. The maximum atomic E-state index is 13.4. The minimum atomic E-state index is -3.72. The maximum absolute atomic E-state index is 13.4. The van der Waals surface area contributed by atoms with Crippen molar-refractivity contribution < 1.29 is 22.8 Å². The van der Waals surface area contributed by atoms with Gasteiger partial charge in [-0.15, -0.1) is 0 Å². The van der Waals surface area contributed by atoms with E-state index in [1.54, 1.807) is 12.1 Å². The molecule has 2 aliphatic heterocycles. The van der Waals surface area contributed by atoms with Crippen molar-refractivity contribution in [1.29, 1.82) is 0 Å². The van der Waals surface area contributed by atoms with E-state index in [9.17, 15) is 18.0 Å².